The van der Waals surface area contributed by atoms with Gasteiger partial charge in [0.05, 0.1) is 0 Å². The molecular formula is C18H28FN. The van der Waals surface area contributed by atoms with Crippen LogP contribution in [0, 0.1) is 30.5 Å². The predicted octanol–water partition coefficient (Wildman–Crippen LogP) is 4.34. The van der Waals surface area contributed by atoms with Gasteiger partial charge in [-0.15, -0.1) is 0 Å². The highest BCUT2D eigenvalue weighted by atomic mass is 19.1. The first kappa shape index (κ1) is 15.5. The summed E-state index contributed by atoms with van der Waals surface area (Å²) in [6, 6.07) is 5.26. The molecule has 1 aromatic rings. The Hall–Kier alpha value is -0.890. The Morgan fingerprint density at radius 1 is 1.25 bits per heavy atom. The topological polar surface area (TPSA) is 12.0 Å². The molecule has 3 unspecified atom stereocenters. The summed E-state index contributed by atoms with van der Waals surface area (Å²) in [6.45, 7) is 5.45. The molecular weight excluding hydrogens is 249 g/mol. The highest BCUT2D eigenvalue weighted by Gasteiger charge is 2.29. The third-order valence-corrected chi connectivity index (χ3v) is 5.08. The Balaban J connectivity index is 2.09. The molecule has 1 aromatic carbocycles. The van der Waals surface area contributed by atoms with Crippen molar-refractivity contribution < 1.29 is 4.39 Å². The molecule has 3 atom stereocenters. The molecule has 0 heterocycles. The molecule has 0 aromatic heterocycles. The van der Waals surface area contributed by atoms with Gasteiger partial charge in [0.2, 0.25) is 0 Å². The van der Waals surface area contributed by atoms with Gasteiger partial charge in [-0.1, -0.05) is 25.8 Å². The van der Waals surface area contributed by atoms with Crippen molar-refractivity contribution in [3.8, 4) is 0 Å². The first-order valence-electron chi connectivity index (χ1n) is 8.03. The van der Waals surface area contributed by atoms with E-state index in [4.69, 9.17) is 0 Å². The van der Waals surface area contributed by atoms with E-state index in [1.165, 1.54) is 31.2 Å². The summed E-state index contributed by atoms with van der Waals surface area (Å²) in [5, 5.41) is 3.35. The van der Waals surface area contributed by atoms with E-state index in [1.54, 1.807) is 12.1 Å². The van der Waals surface area contributed by atoms with Crippen LogP contribution < -0.4 is 5.32 Å². The molecule has 1 fully saturated rings. The summed E-state index contributed by atoms with van der Waals surface area (Å²) < 4.78 is 13.2. The van der Waals surface area contributed by atoms with Crippen LogP contribution in [0.3, 0.4) is 0 Å². The van der Waals surface area contributed by atoms with Gasteiger partial charge in [-0.25, -0.2) is 4.39 Å². The van der Waals surface area contributed by atoms with Crippen molar-refractivity contribution in [3.05, 3.63) is 35.1 Å². The average Bonchev–Trinajstić information content (AvgIpc) is 2.44. The van der Waals surface area contributed by atoms with E-state index in [-0.39, 0.29) is 5.82 Å². The number of hydrogen-bond acceptors (Lipinski definition) is 1. The molecule has 0 saturated heterocycles. The first-order chi connectivity index (χ1) is 9.63. The van der Waals surface area contributed by atoms with Crippen LogP contribution in [0.4, 0.5) is 4.39 Å². The standard InChI is InChI=1S/C18H28FN/c1-4-14-5-6-16(12-20-3)17(10-14)11-15-7-8-18(19)9-13(15)2/h7-9,14,16-17,20H,4-6,10-12H2,1-3H3. The van der Waals surface area contributed by atoms with Crippen LogP contribution in [0.2, 0.25) is 0 Å². The van der Waals surface area contributed by atoms with Gasteiger partial charge in [-0.05, 0) is 80.8 Å². The SMILES string of the molecule is CCC1CCC(CNC)C(Cc2ccc(F)cc2C)C1. The van der Waals surface area contributed by atoms with E-state index >= 15 is 0 Å². The molecule has 112 valence electrons. The number of nitrogens with one attached hydrogen (secondary N) is 1. The van der Waals surface area contributed by atoms with Crippen molar-refractivity contribution in [2.45, 2.75) is 46.0 Å². The molecule has 0 bridgehead atoms. The number of halogens is 1. The largest absolute Gasteiger partial charge is 0.319 e. The molecule has 2 heteroatoms. The molecule has 0 aliphatic heterocycles. The second-order valence-corrected chi connectivity index (χ2v) is 6.44. The Kier molecular flexibility index (Phi) is 5.59. The Morgan fingerprint density at radius 2 is 2.05 bits per heavy atom. The lowest BCUT2D eigenvalue weighted by molar-refractivity contribution is 0.173. The molecule has 2 rings (SSSR count). The molecule has 1 N–H and O–H groups in total. The van der Waals surface area contributed by atoms with Crippen LogP contribution in [0.25, 0.3) is 0 Å². The minimum absolute atomic E-state index is 0.117. The van der Waals surface area contributed by atoms with Crippen molar-refractivity contribution in [1.29, 1.82) is 0 Å². The van der Waals surface area contributed by atoms with Gasteiger partial charge in [0.15, 0.2) is 0 Å². The quantitative estimate of drug-likeness (QED) is 0.844. The van der Waals surface area contributed by atoms with E-state index < -0.39 is 0 Å². The number of rotatable bonds is 5. The van der Waals surface area contributed by atoms with Crippen LogP contribution in [0.1, 0.15) is 43.7 Å². The van der Waals surface area contributed by atoms with Crippen molar-refractivity contribution >= 4 is 0 Å². The first-order valence-corrected chi connectivity index (χ1v) is 8.03. The fourth-order valence-electron chi connectivity index (χ4n) is 3.75. The number of hydrogen-bond donors (Lipinski definition) is 1. The summed E-state index contributed by atoms with van der Waals surface area (Å²) >= 11 is 0. The lowest BCUT2D eigenvalue weighted by atomic mass is 9.70. The Labute approximate surface area is 123 Å². The van der Waals surface area contributed by atoms with E-state index in [0.717, 1.165) is 36.3 Å². The van der Waals surface area contributed by atoms with Crippen LogP contribution in [0.15, 0.2) is 18.2 Å². The van der Waals surface area contributed by atoms with Gasteiger partial charge >= 0.3 is 0 Å². The number of aryl methyl sites for hydroxylation is 1. The van der Waals surface area contributed by atoms with Gasteiger partial charge < -0.3 is 5.32 Å². The van der Waals surface area contributed by atoms with Gasteiger partial charge in [0.1, 0.15) is 5.82 Å². The van der Waals surface area contributed by atoms with Crippen molar-refractivity contribution in [1.82, 2.24) is 5.32 Å². The zero-order valence-electron chi connectivity index (χ0n) is 13.1. The van der Waals surface area contributed by atoms with E-state index in [1.807, 2.05) is 20.0 Å². The molecule has 0 radical (unpaired) electrons. The molecule has 1 nitrogen and oxygen atoms in total. The fourth-order valence-corrected chi connectivity index (χ4v) is 3.75. The second-order valence-electron chi connectivity index (χ2n) is 6.44. The van der Waals surface area contributed by atoms with E-state index in [2.05, 4.69) is 12.2 Å². The van der Waals surface area contributed by atoms with Crippen molar-refractivity contribution in [3.63, 3.8) is 0 Å². The van der Waals surface area contributed by atoms with Crippen LogP contribution in [-0.2, 0) is 6.42 Å². The maximum absolute atomic E-state index is 13.2. The van der Waals surface area contributed by atoms with Crippen molar-refractivity contribution in [2.24, 2.45) is 17.8 Å². The molecule has 1 aliphatic carbocycles. The summed E-state index contributed by atoms with van der Waals surface area (Å²) in [6.07, 6.45) is 6.45. The van der Waals surface area contributed by atoms with Gasteiger partial charge in [-0.3, -0.25) is 0 Å². The predicted molar refractivity (Wildman–Crippen MR) is 83.4 cm³/mol. The molecule has 0 amide bonds. The van der Waals surface area contributed by atoms with Gasteiger partial charge in [0, 0.05) is 0 Å². The number of benzene rings is 1. The third kappa shape index (κ3) is 3.82. The molecule has 20 heavy (non-hydrogen) atoms. The summed E-state index contributed by atoms with van der Waals surface area (Å²) in [4.78, 5) is 0. The minimum Gasteiger partial charge on any atom is -0.319 e. The average molecular weight is 277 g/mol. The fraction of sp³-hybridized carbons (Fsp3) is 0.667. The lowest BCUT2D eigenvalue weighted by Gasteiger charge is -2.36. The monoisotopic (exact) mass is 277 g/mol. The van der Waals surface area contributed by atoms with E-state index in [9.17, 15) is 4.39 Å². The zero-order chi connectivity index (χ0) is 14.5. The second kappa shape index (κ2) is 7.21. The summed E-state index contributed by atoms with van der Waals surface area (Å²) in [7, 11) is 2.05. The molecule has 1 saturated carbocycles. The van der Waals surface area contributed by atoms with Gasteiger partial charge in [-0.2, -0.15) is 0 Å². The highest BCUT2D eigenvalue weighted by Crippen LogP contribution is 2.37. The molecule has 1 aliphatic rings. The normalized spacial score (nSPS) is 26.7. The minimum atomic E-state index is -0.117. The van der Waals surface area contributed by atoms with Crippen LogP contribution in [0.5, 0.6) is 0 Å². The third-order valence-electron chi connectivity index (χ3n) is 5.08. The molecule has 0 spiro atoms. The lowest BCUT2D eigenvalue weighted by Crippen LogP contribution is -2.33. The Morgan fingerprint density at radius 3 is 2.70 bits per heavy atom. The van der Waals surface area contributed by atoms with Gasteiger partial charge in [0.25, 0.3) is 0 Å². The smallest absolute Gasteiger partial charge is 0.123 e. The Bertz CT molecular complexity index is 429. The maximum atomic E-state index is 13.2. The van der Waals surface area contributed by atoms with Crippen LogP contribution >= 0.6 is 0 Å². The highest BCUT2D eigenvalue weighted by molar-refractivity contribution is 5.27. The summed E-state index contributed by atoms with van der Waals surface area (Å²) in [5.74, 6) is 2.28. The van der Waals surface area contributed by atoms with Crippen LogP contribution in [-0.4, -0.2) is 13.6 Å². The van der Waals surface area contributed by atoms with Crippen molar-refractivity contribution in [2.75, 3.05) is 13.6 Å². The maximum Gasteiger partial charge on any atom is 0.123 e. The summed E-state index contributed by atoms with van der Waals surface area (Å²) in [5.41, 5.74) is 2.43. The zero-order valence-corrected chi connectivity index (χ0v) is 13.1. The van der Waals surface area contributed by atoms with E-state index in [0.29, 0.717) is 0 Å².